The first kappa shape index (κ1) is 20.2. The monoisotopic (exact) mass is 422 g/mol. The smallest absolute Gasteiger partial charge is 0.257 e. The molecule has 0 saturated heterocycles. The molecule has 3 aromatic rings. The van der Waals surface area contributed by atoms with Gasteiger partial charge in [-0.2, -0.15) is 0 Å². The summed E-state index contributed by atoms with van der Waals surface area (Å²) in [7, 11) is 0. The average Bonchev–Trinajstić information content (AvgIpc) is 3.14. The Labute approximate surface area is 179 Å². The van der Waals surface area contributed by atoms with Crippen molar-refractivity contribution in [3.8, 4) is 17.1 Å². The Morgan fingerprint density at radius 2 is 2.06 bits per heavy atom. The normalized spacial score (nSPS) is 21.6. The zero-order valence-electron chi connectivity index (χ0n) is 17.9. The zero-order chi connectivity index (χ0) is 21.9. The van der Waals surface area contributed by atoms with E-state index in [9.17, 15) is 15.0 Å². The van der Waals surface area contributed by atoms with Crippen LogP contribution in [0.5, 0.6) is 5.75 Å². The third-order valence-corrected chi connectivity index (χ3v) is 6.60. The Hall–Kier alpha value is -2.74. The molecule has 0 bridgehead atoms. The topological polar surface area (TPSA) is 93.8 Å². The number of aliphatic hydroxyl groups is 2. The summed E-state index contributed by atoms with van der Waals surface area (Å²) in [5.74, 6) is 0.800. The van der Waals surface area contributed by atoms with Crippen LogP contribution in [0.15, 0.2) is 29.1 Å². The van der Waals surface area contributed by atoms with Crippen molar-refractivity contribution >= 4 is 10.9 Å². The van der Waals surface area contributed by atoms with Gasteiger partial charge in [-0.3, -0.25) is 4.79 Å². The molecular weight excluding hydrogens is 396 g/mol. The summed E-state index contributed by atoms with van der Waals surface area (Å²) < 4.78 is 12.7. The SMILES string of the molecule is CCOc1ccc2nc3c(c(CC)c2c1)Cn1c-3cc2c(c1=O)COC(O)[C@]2(O)CC. The van der Waals surface area contributed by atoms with Crippen molar-refractivity contribution in [1.82, 2.24) is 9.55 Å². The van der Waals surface area contributed by atoms with E-state index in [0.29, 0.717) is 30.0 Å². The largest absolute Gasteiger partial charge is 0.494 e. The van der Waals surface area contributed by atoms with Crippen LogP contribution in [0.1, 0.15) is 49.4 Å². The van der Waals surface area contributed by atoms with Crippen molar-refractivity contribution in [2.45, 2.75) is 58.7 Å². The number of benzene rings is 1. The Bertz CT molecular complexity index is 1270. The molecule has 1 aromatic carbocycles. The van der Waals surface area contributed by atoms with Gasteiger partial charge in [-0.05, 0) is 49.6 Å². The molecule has 0 fully saturated rings. The molecule has 0 aliphatic carbocycles. The quantitative estimate of drug-likeness (QED) is 0.525. The molecule has 2 atom stereocenters. The van der Waals surface area contributed by atoms with Gasteiger partial charge in [0.1, 0.15) is 11.4 Å². The van der Waals surface area contributed by atoms with Crippen molar-refractivity contribution in [2.75, 3.05) is 6.61 Å². The van der Waals surface area contributed by atoms with E-state index < -0.39 is 11.9 Å². The van der Waals surface area contributed by atoms with Crippen LogP contribution in [0, 0.1) is 0 Å². The van der Waals surface area contributed by atoms with Gasteiger partial charge in [0, 0.05) is 22.1 Å². The van der Waals surface area contributed by atoms with Crippen LogP contribution in [-0.2, 0) is 29.9 Å². The number of rotatable bonds is 4. The van der Waals surface area contributed by atoms with E-state index >= 15 is 0 Å². The van der Waals surface area contributed by atoms with Crippen molar-refractivity contribution in [3.63, 3.8) is 0 Å². The summed E-state index contributed by atoms with van der Waals surface area (Å²) in [4.78, 5) is 18.3. The van der Waals surface area contributed by atoms with Crippen molar-refractivity contribution < 1.29 is 19.7 Å². The fourth-order valence-electron chi connectivity index (χ4n) is 4.91. The van der Waals surface area contributed by atoms with E-state index in [-0.39, 0.29) is 18.6 Å². The molecule has 7 nitrogen and oxygen atoms in total. The van der Waals surface area contributed by atoms with Crippen LogP contribution in [0.25, 0.3) is 22.3 Å². The minimum absolute atomic E-state index is 0.0258. The predicted octanol–water partition coefficient (Wildman–Crippen LogP) is 2.83. The highest BCUT2D eigenvalue weighted by Crippen LogP contribution is 2.41. The second-order valence-electron chi connectivity index (χ2n) is 8.14. The lowest BCUT2D eigenvalue weighted by Gasteiger charge is -2.37. The summed E-state index contributed by atoms with van der Waals surface area (Å²) in [6.07, 6.45) is -0.358. The maximum Gasteiger partial charge on any atom is 0.257 e. The highest BCUT2D eigenvalue weighted by Gasteiger charge is 2.44. The van der Waals surface area contributed by atoms with Gasteiger partial charge in [-0.15, -0.1) is 0 Å². The number of aryl methyl sites for hydroxylation is 1. The molecular formula is C24H26N2O5. The Morgan fingerprint density at radius 3 is 2.77 bits per heavy atom. The lowest BCUT2D eigenvalue weighted by molar-refractivity contribution is -0.236. The number of nitrogens with zero attached hydrogens (tertiary/aromatic N) is 2. The first-order valence-corrected chi connectivity index (χ1v) is 10.8. The predicted molar refractivity (Wildman–Crippen MR) is 116 cm³/mol. The molecule has 31 heavy (non-hydrogen) atoms. The van der Waals surface area contributed by atoms with Crippen molar-refractivity contribution in [3.05, 3.63) is 56.9 Å². The summed E-state index contributed by atoms with van der Waals surface area (Å²) >= 11 is 0. The number of ether oxygens (including phenoxy) is 2. The second kappa shape index (κ2) is 7.15. The standard InChI is InChI=1S/C24H26N2O5/c1-4-14-15-9-13(30-6-3)7-8-19(15)25-21-16(14)11-26-20(21)10-18-17(22(26)27)12-31-23(28)24(18,29)5-2/h7-10,23,28-29H,4-6,11-12H2,1-3H3/t23?,24-/m0/s1. The number of aromatic nitrogens is 2. The fourth-order valence-corrected chi connectivity index (χ4v) is 4.91. The lowest BCUT2D eigenvalue weighted by Crippen LogP contribution is -2.47. The minimum Gasteiger partial charge on any atom is -0.494 e. The highest BCUT2D eigenvalue weighted by molar-refractivity contribution is 5.89. The Morgan fingerprint density at radius 1 is 1.26 bits per heavy atom. The molecule has 2 aliphatic heterocycles. The molecule has 4 heterocycles. The summed E-state index contributed by atoms with van der Waals surface area (Å²) in [5.41, 5.74) is 3.43. The first-order valence-electron chi connectivity index (χ1n) is 10.8. The molecule has 162 valence electrons. The van der Waals surface area contributed by atoms with Gasteiger partial charge < -0.3 is 24.3 Å². The molecule has 2 aliphatic rings. The summed E-state index contributed by atoms with van der Waals surface area (Å²) in [6, 6.07) is 7.68. The van der Waals surface area contributed by atoms with Gasteiger partial charge in [-0.25, -0.2) is 4.98 Å². The first-order chi connectivity index (χ1) is 14.9. The number of aliphatic hydroxyl groups excluding tert-OH is 1. The highest BCUT2D eigenvalue weighted by atomic mass is 16.6. The maximum atomic E-state index is 13.4. The molecule has 0 amide bonds. The van der Waals surface area contributed by atoms with E-state index in [1.807, 2.05) is 31.2 Å². The third-order valence-electron chi connectivity index (χ3n) is 6.60. The van der Waals surface area contributed by atoms with E-state index in [2.05, 4.69) is 6.92 Å². The van der Waals surface area contributed by atoms with Crippen molar-refractivity contribution in [1.29, 1.82) is 0 Å². The number of fused-ring (bicyclic) bond motifs is 5. The molecule has 0 radical (unpaired) electrons. The second-order valence-corrected chi connectivity index (χ2v) is 8.14. The van der Waals surface area contributed by atoms with Gasteiger partial charge >= 0.3 is 0 Å². The van der Waals surface area contributed by atoms with E-state index in [4.69, 9.17) is 14.5 Å². The molecule has 2 aromatic heterocycles. The van der Waals surface area contributed by atoms with Gasteiger partial charge in [-0.1, -0.05) is 13.8 Å². The van der Waals surface area contributed by atoms with Crippen molar-refractivity contribution in [2.24, 2.45) is 0 Å². The summed E-state index contributed by atoms with van der Waals surface area (Å²) in [5, 5.41) is 22.4. The minimum atomic E-state index is -1.62. The van der Waals surface area contributed by atoms with Gasteiger partial charge in [0.2, 0.25) is 0 Å². The lowest BCUT2D eigenvalue weighted by atomic mass is 9.85. The van der Waals surface area contributed by atoms with Crippen LogP contribution in [0.2, 0.25) is 0 Å². The molecule has 0 saturated carbocycles. The Kier molecular flexibility index (Phi) is 4.66. The van der Waals surface area contributed by atoms with E-state index in [1.165, 1.54) is 0 Å². The average molecular weight is 422 g/mol. The Balaban J connectivity index is 1.77. The molecule has 2 N–H and O–H groups in total. The maximum absolute atomic E-state index is 13.4. The van der Waals surface area contributed by atoms with Crippen LogP contribution < -0.4 is 10.3 Å². The van der Waals surface area contributed by atoms with Crippen LogP contribution in [0.4, 0.5) is 0 Å². The number of hydrogen-bond acceptors (Lipinski definition) is 6. The van der Waals surface area contributed by atoms with Gasteiger partial charge in [0.15, 0.2) is 6.29 Å². The van der Waals surface area contributed by atoms with Gasteiger partial charge in [0.25, 0.3) is 5.56 Å². The van der Waals surface area contributed by atoms with E-state index in [1.54, 1.807) is 11.5 Å². The zero-order valence-corrected chi connectivity index (χ0v) is 17.9. The van der Waals surface area contributed by atoms with E-state index in [0.717, 1.165) is 39.9 Å². The molecule has 5 rings (SSSR count). The van der Waals surface area contributed by atoms with Crippen LogP contribution in [-0.4, -0.2) is 32.7 Å². The molecule has 0 spiro atoms. The summed E-state index contributed by atoms with van der Waals surface area (Å²) in [6.45, 7) is 6.80. The third kappa shape index (κ3) is 2.77. The molecule has 1 unspecified atom stereocenters. The van der Waals surface area contributed by atoms with Crippen LogP contribution in [0.3, 0.4) is 0 Å². The number of hydrogen-bond donors (Lipinski definition) is 2. The number of pyridine rings is 2. The fraction of sp³-hybridized carbons (Fsp3) is 0.417. The molecule has 7 heteroatoms. The van der Waals surface area contributed by atoms with Gasteiger partial charge in [0.05, 0.1) is 36.7 Å². The van der Waals surface area contributed by atoms with Crippen LogP contribution >= 0.6 is 0 Å².